The lowest BCUT2D eigenvalue weighted by Crippen LogP contribution is -2.45. The lowest BCUT2D eigenvalue weighted by molar-refractivity contribution is -0.125. The smallest absolute Gasteiger partial charge is 0.223 e. The summed E-state index contributed by atoms with van der Waals surface area (Å²) in [6.45, 7) is 11.6. The van der Waals surface area contributed by atoms with Crippen molar-refractivity contribution in [2.45, 2.75) is 32.9 Å². The van der Waals surface area contributed by atoms with Crippen molar-refractivity contribution in [1.82, 2.24) is 20.4 Å². The summed E-state index contributed by atoms with van der Waals surface area (Å²) in [5, 5.41) is 6.40. The molecule has 1 aromatic carbocycles. The minimum Gasteiger partial charge on any atom is -0.352 e. The lowest BCUT2D eigenvalue weighted by Gasteiger charge is -2.34. The van der Waals surface area contributed by atoms with Crippen molar-refractivity contribution in [2.24, 2.45) is 5.92 Å². The van der Waals surface area contributed by atoms with E-state index in [1.165, 1.54) is 24.2 Å². The van der Waals surface area contributed by atoms with Crippen LogP contribution in [0.1, 0.15) is 30.9 Å². The topological polar surface area (TPSA) is 47.6 Å². The number of rotatable bonds is 6. The van der Waals surface area contributed by atoms with E-state index in [1.807, 2.05) is 0 Å². The van der Waals surface area contributed by atoms with Gasteiger partial charge in [0.05, 0.1) is 0 Å². The molecule has 0 unspecified atom stereocenters. The van der Waals surface area contributed by atoms with Gasteiger partial charge in [-0.1, -0.05) is 31.2 Å². The van der Waals surface area contributed by atoms with Crippen molar-refractivity contribution in [3.8, 4) is 0 Å². The molecular formula is C20H32N4O. The quantitative estimate of drug-likeness (QED) is 0.820. The van der Waals surface area contributed by atoms with Gasteiger partial charge in [-0.3, -0.25) is 9.69 Å². The van der Waals surface area contributed by atoms with Crippen molar-refractivity contribution >= 4 is 5.91 Å². The maximum atomic E-state index is 12.2. The number of amides is 1. The Kier molecular flexibility index (Phi) is 6.84. The molecule has 3 rings (SSSR count). The third-order valence-electron chi connectivity index (χ3n) is 5.52. The van der Waals surface area contributed by atoms with Crippen LogP contribution in [0.5, 0.6) is 0 Å². The van der Waals surface area contributed by atoms with E-state index in [-0.39, 0.29) is 11.8 Å². The minimum atomic E-state index is 0.183. The molecule has 0 spiro atoms. The molecule has 0 bridgehead atoms. The van der Waals surface area contributed by atoms with Gasteiger partial charge >= 0.3 is 0 Å². The minimum absolute atomic E-state index is 0.183. The van der Waals surface area contributed by atoms with Crippen molar-refractivity contribution < 1.29 is 4.79 Å². The highest BCUT2D eigenvalue weighted by atomic mass is 16.1. The van der Waals surface area contributed by atoms with Gasteiger partial charge in [0, 0.05) is 45.2 Å². The SMILES string of the molecule is CCN1CCN(Cc2ccc(CNC(=O)C3CCNCC3)cc2)CC1. The molecule has 1 aromatic rings. The van der Waals surface area contributed by atoms with Crippen LogP contribution in [0, 0.1) is 5.92 Å². The Morgan fingerprint density at radius 3 is 2.28 bits per heavy atom. The normalized spacial score (nSPS) is 20.5. The number of carbonyl (C=O) groups is 1. The first kappa shape index (κ1) is 18.4. The number of likely N-dealkylation sites (N-methyl/N-ethyl adjacent to an activating group) is 1. The summed E-state index contributed by atoms with van der Waals surface area (Å²) in [7, 11) is 0. The van der Waals surface area contributed by atoms with E-state index < -0.39 is 0 Å². The lowest BCUT2D eigenvalue weighted by atomic mass is 9.97. The highest BCUT2D eigenvalue weighted by molar-refractivity contribution is 5.78. The van der Waals surface area contributed by atoms with Crippen molar-refractivity contribution in [1.29, 1.82) is 0 Å². The molecule has 2 heterocycles. The number of piperidine rings is 1. The molecule has 5 heteroatoms. The number of hydrogen-bond donors (Lipinski definition) is 2. The monoisotopic (exact) mass is 344 g/mol. The van der Waals surface area contributed by atoms with Crippen LogP contribution in [0.15, 0.2) is 24.3 Å². The largest absolute Gasteiger partial charge is 0.352 e. The third-order valence-corrected chi connectivity index (χ3v) is 5.52. The van der Waals surface area contributed by atoms with E-state index in [0.717, 1.165) is 52.1 Å². The molecule has 25 heavy (non-hydrogen) atoms. The van der Waals surface area contributed by atoms with Crippen LogP contribution < -0.4 is 10.6 Å². The second-order valence-electron chi connectivity index (χ2n) is 7.27. The van der Waals surface area contributed by atoms with Crippen LogP contribution in [0.3, 0.4) is 0 Å². The second-order valence-corrected chi connectivity index (χ2v) is 7.27. The Bertz CT molecular complexity index is 531. The standard InChI is InChI=1S/C20H32N4O/c1-2-23-11-13-24(14-12-23)16-18-5-3-17(4-6-18)15-22-20(25)19-7-9-21-10-8-19/h3-6,19,21H,2,7-16H2,1H3,(H,22,25). The predicted octanol–water partition coefficient (Wildman–Crippen LogP) is 1.44. The summed E-state index contributed by atoms with van der Waals surface area (Å²) in [5.74, 6) is 0.390. The fraction of sp³-hybridized carbons (Fsp3) is 0.650. The van der Waals surface area contributed by atoms with Gasteiger partial charge in [-0.2, -0.15) is 0 Å². The van der Waals surface area contributed by atoms with Crippen LogP contribution >= 0.6 is 0 Å². The Morgan fingerprint density at radius 1 is 1.04 bits per heavy atom. The van der Waals surface area contributed by atoms with E-state index in [2.05, 4.69) is 51.6 Å². The molecule has 2 aliphatic rings. The summed E-state index contributed by atoms with van der Waals surface area (Å²) in [6.07, 6.45) is 1.91. The molecule has 5 nitrogen and oxygen atoms in total. The molecule has 2 N–H and O–H groups in total. The van der Waals surface area contributed by atoms with Crippen molar-refractivity contribution in [3.05, 3.63) is 35.4 Å². The maximum Gasteiger partial charge on any atom is 0.223 e. The molecule has 2 aliphatic heterocycles. The molecule has 0 radical (unpaired) electrons. The number of benzene rings is 1. The van der Waals surface area contributed by atoms with E-state index in [4.69, 9.17) is 0 Å². The average Bonchev–Trinajstić information content (AvgIpc) is 2.68. The van der Waals surface area contributed by atoms with Crippen molar-refractivity contribution in [2.75, 3.05) is 45.8 Å². The Morgan fingerprint density at radius 2 is 1.64 bits per heavy atom. The third kappa shape index (κ3) is 5.53. The van der Waals surface area contributed by atoms with Gasteiger partial charge in [-0.05, 0) is 43.6 Å². The summed E-state index contributed by atoms with van der Waals surface area (Å²) in [6, 6.07) is 8.72. The van der Waals surface area contributed by atoms with Gasteiger partial charge in [0.25, 0.3) is 0 Å². The molecule has 2 saturated heterocycles. The van der Waals surface area contributed by atoms with Gasteiger partial charge in [0.15, 0.2) is 0 Å². The first-order chi connectivity index (χ1) is 12.2. The summed E-state index contributed by atoms with van der Waals surface area (Å²) in [4.78, 5) is 17.2. The molecule has 2 fully saturated rings. The van der Waals surface area contributed by atoms with Gasteiger partial charge in [-0.15, -0.1) is 0 Å². The van der Waals surface area contributed by atoms with Crippen molar-refractivity contribution in [3.63, 3.8) is 0 Å². The molecule has 0 aromatic heterocycles. The van der Waals surface area contributed by atoms with Crippen LogP contribution in [0.25, 0.3) is 0 Å². The molecule has 0 saturated carbocycles. The summed E-state index contributed by atoms with van der Waals surface area (Å²) in [5.41, 5.74) is 2.54. The van der Waals surface area contributed by atoms with Crippen LogP contribution in [0.4, 0.5) is 0 Å². The number of nitrogens with one attached hydrogen (secondary N) is 2. The van der Waals surface area contributed by atoms with Gasteiger partial charge in [-0.25, -0.2) is 0 Å². The predicted molar refractivity (Wildman–Crippen MR) is 101 cm³/mol. The Hall–Kier alpha value is -1.43. The van der Waals surface area contributed by atoms with Crippen LogP contribution in [-0.2, 0) is 17.9 Å². The second kappa shape index (κ2) is 9.32. The van der Waals surface area contributed by atoms with Crippen LogP contribution in [-0.4, -0.2) is 61.5 Å². The Balaban J connectivity index is 1.42. The molecule has 0 atom stereocenters. The maximum absolute atomic E-state index is 12.2. The number of nitrogens with zero attached hydrogens (tertiary/aromatic N) is 2. The van der Waals surface area contributed by atoms with Gasteiger partial charge in [0.1, 0.15) is 0 Å². The van der Waals surface area contributed by atoms with Gasteiger partial charge in [0.2, 0.25) is 5.91 Å². The van der Waals surface area contributed by atoms with Gasteiger partial charge < -0.3 is 15.5 Å². The zero-order valence-electron chi connectivity index (χ0n) is 15.5. The number of carbonyl (C=O) groups excluding carboxylic acids is 1. The molecule has 138 valence electrons. The average molecular weight is 345 g/mol. The Labute approximate surface area is 151 Å². The summed E-state index contributed by atoms with van der Waals surface area (Å²) < 4.78 is 0. The number of piperazine rings is 1. The first-order valence-electron chi connectivity index (χ1n) is 9.75. The highest BCUT2D eigenvalue weighted by Crippen LogP contribution is 2.13. The van der Waals surface area contributed by atoms with E-state index >= 15 is 0 Å². The fourth-order valence-electron chi connectivity index (χ4n) is 3.70. The molecular weight excluding hydrogens is 312 g/mol. The first-order valence-corrected chi connectivity index (χ1v) is 9.75. The van der Waals surface area contributed by atoms with E-state index in [0.29, 0.717) is 6.54 Å². The highest BCUT2D eigenvalue weighted by Gasteiger charge is 2.20. The fourth-order valence-corrected chi connectivity index (χ4v) is 3.70. The zero-order valence-corrected chi connectivity index (χ0v) is 15.5. The zero-order chi connectivity index (χ0) is 17.5. The summed E-state index contributed by atoms with van der Waals surface area (Å²) >= 11 is 0. The molecule has 0 aliphatic carbocycles. The van der Waals surface area contributed by atoms with E-state index in [9.17, 15) is 4.79 Å². The molecule has 1 amide bonds. The van der Waals surface area contributed by atoms with E-state index in [1.54, 1.807) is 0 Å². The number of hydrogen-bond acceptors (Lipinski definition) is 4. The van der Waals surface area contributed by atoms with Crippen LogP contribution in [0.2, 0.25) is 0 Å².